The van der Waals surface area contributed by atoms with Crippen molar-refractivity contribution in [2.75, 3.05) is 39.3 Å². The largest absolute Gasteiger partial charge is 0.377 e. The summed E-state index contributed by atoms with van der Waals surface area (Å²) in [5, 5.41) is 0. The van der Waals surface area contributed by atoms with Crippen molar-refractivity contribution < 1.29 is 14.3 Å². The molecule has 0 radical (unpaired) electrons. The topological polar surface area (TPSA) is 53.1 Å². The van der Waals surface area contributed by atoms with Gasteiger partial charge in [0.25, 0.3) is 0 Å². The van der Waals surface area contributed by atoms with E-state index in [4.69, 9.17) is 4.74 Å². The van der Waals surface area contributed by atoms with Gasteiger partial charge in [-0.1, -0.05) is 30.3 Å². The van der Waals surface area contributed by atoms with Gasteiger partial charge in [-0.15, -0.1) is 0 Å². The molecule has 26 heavy (non-hydrogen) atoms. The molecule has 3 aliphatic rings. The predicted molar refractivity (Wildman–Crippen MR) is 97.4 cm³/mol. The lowest BCUT2D eigenvalue weighted by Gasteiger charge is -2.37. The Bertz CT molecular complexity index is 637. The van der Waals surface area contributed by atoms with Gasteiger partial charge in [0.1, 0.15) is 0 Å². The molecule has 2 amide bonds. The van der Waals surface area contributed by atoms with E-state index in [1.54, 1.807) is 0 Å². The molecule has 0 N–H and O–H groups in total. The van der Waals surface area contributed by atoms with Crippen LogP contribution in [0.2, 0.25) is 0 Å². The number of ether oxygens (including phenoxy) is 1. The first-order valence-corrected chi connectivity index (χ1v) is 9.67. The zero-order chi connectivity index (χ0) is 17.9. The third kappa shape index (κ3) is 3.82. The van der Waals surface area contributed by atoms with Crippen LogP contribution < -0.4 is 0 Å². The Kier molecular flexibility index (Phi) is 5.33. The summed E-state index contributed by atoms with van der Waals surface area (Å²) in [5.41, 5.74) is 0.997. The number of rotatable bonds is 5. The van der Waals surface area contributed by atoms with Crippen molar-refractivity contribution in [3.63, 3.8) is 0 Å². The van der Waals surface area contributed by atoms with Crippen molar-refractivity contribution in [3.8, 4) is 0 Å². The van der Waals surface area contributed by atoms with E-state index < -0.39 is 0 Å². The van der Waals surface area contributed by atoms with Crippen LogP contribution in [0.25, 0.3) is 0 Å². The number of carbonyl (C=O) groups excluding carboxylic acids is 2. The minimum atomic E-state index is -0.281. The van der Waals surface area contributed by atoms with Gasteiger partial charge in [-0.3, -0.25) is 24.3 Å². The number of hydrogen-bond donors (Lipinski definition) is 0. The highest BCUT2D eigenvalue weighted by Gasteiger charge is 2.42. The van der Waals surface area contributed by atoms with Crippen LogP contribution in [-0.4, -0.2) is 78.0 Å². The molecule has 6 heteroatoms. The highest BCUT2D eigenvalue weighted by Crippen LogP contribution is 2.23. The second-order valence-corrected chi connectivity index (χ2v) is 7.50. The molecule has 3 fully saturated rings. The number of amides is 2. The van der Waals surface area contributed by atoms with E-state index in [0.717, 1.165) is 51.3 Å². The van der Waals surface area contributed by atoms with Crippen LogP contribution in [-0.2, 0) is 20.9 Å². The fraction of sp³-hybridized carbons (Fsp3) is 0.600. The normalized spacial score (nSPS) is 28.2. The molecule has 0 bridgehead atoms. The third-order valence-corrected chi connectivity index (χ3v) is 5.74. The van der Waals surface area contributed by atoms with Crippen LogP contribution in [0, 0.1) is 0 Å². The summed E-state index contributed by atoms with van der Waals surface area (Å²) in [5.74, 6) is -0.0860. The lowest BCUT2D eigenvalue weighted by molar-refractivity contribution is -0.140. The lowest BCUT2D eigenvalue weighted by Crippen LogP contribution is -2.53. The molecule has 0 spiro atoms. The second-order valence-electron chi connectivity index (χ2n) is 7.50. The van der Waals surface area contributed by atoms with Gasteiger partial charge in [0.2, 0.25) is 11.8 Å². The molecular formula is C20H27N3O3. The number of likely N-dealkylation sites (tertiary alicyclic amines) is 1. The van der Waals surface area contributed by atoms with E-state index in [1.165, 1.54) is 11.3 Å². The number of carbonyl (C=O) groups is 2. The first-order chi connectivity index (χ1) is 12.7. The van der Waals surface area contributed by atoms with Crippen molar-refractivity contribution in [1.29, 1.82) is 0 Å². The highest BCUT2D eigenvalue weighted by atomic mass is 16.5. The molecule has 3 aliphatic heterocycles. The molecule has 0 aromatic heterocycles. The third-order valence-electron chi connectivity index (χ3n) is 5.74. The molecule has 0 unspecified atom stereocenters. The summed E-state index contributed by atoms with van der Waals surface area (Å²) in [6.45, 7) is 5.83. The number of imide groups is 1. The molecule has 4 rings (SSSR count). The average molecular weight is 357 g/mol. The minimum absolute atomic E-state index is 0.0357. The van der Waals surface area contributed by atoms with E-state index in [9.17, 15) is 9.59 Å². The summed E-state index contributed by atoms with van der Waals surface area (Å²) in [6, 6.07) is 9.44. The van der Waals surface area contributed by atoms with Crippen LogP contribution in [0.15, 0.2) is 30.3 Å². The maximum atomic E-state index is 12.8. The van der Waals surface area contributed by atoms with Gasteiger partial charge in [0, 0.05) is 39.3 Å². The van der Waals surface area contributed by atoms with E-state index in [2.05, 4.69) is 9.80 Å². The van der Waals surface area contributed by atoms with E-state index in [0.29, 0.717) is 19.1 Å². The van der Waals surface area contributed by atoms with Crippen LogP contribution in [0.5, 0.6) is 0 Å². The number of benzene rings is 1. The van der Waals surface area contributed by atoms with Crippen molar-refractivity contribution in [2.24, 2.45) is 0 Å². The van der Waals surface area contributed by atoms with Crippen LogP contribution in [0.4, 0.5) is 0 Å². The molecular weight excluding hydrogens is 330 g/mol. The van der Waals surface area contributed by atoms with Gasteiger partial charge in [-0.05, 0) is 18.4 Å². The molecule has 140 valence electrons. The maximum Gasteiger partial charge on any atom is 0.247 e. The molecule has 0 saturated carbocycles. The number of hydrogen-bond acceptors (Lipinski definition) is 5. The monoisotopic (exact) mass is 357 g/mol. The number of piperazine rings is 1. The van der Waals surface area contributed by atoms with Gasteiger partial charge in [0.15, 0.2) is 0 Å². The van der Waals surface area contributed by atoms with E-state index in [1.807, 2.05) is 30.3 Å². The van der Waals surface area contributed by atoms with E-state index in [-0.39, 0.29) is 17.9 Å². The molecule has 1 aromatic carbocycles. The fourth-order valence-corrected chi connectivity index (χ4v) is 4.22. The Labute approximate surface area is 154 Å². The fourth-order valence-electron chi connectivity index (χ4n) is 4.22. The first kappa shape index (κ1) is 17.6. The first-order valence-electron chi connectivity index (χ1n) is 9.67. The summed E-state index contributed by atoms with van der Waals surface area (Å²) in [4.78, 5) is 31.2. The summed E-state index contributed by atoms with van der Waals surface area (Å²) in [7, 11) is 0. The Balaban J connectivity index is 1.31. The van der Waals surface area contributed by atoms with Crippen LogP contribution >= 0.6 is 0 Å². The zero-order valence-corrected chi connectivity index (χ0v) is 15.2. The predicted octanol–water partition coefficient (Wildman–Crippen LogP) is 1.11. The Morgan fingerprint density at radius 3 is 2.50 bits per heavy atom. The van der Waals surface area contributed by atoms with Gasteiger partial charge < -0.3 is 4.74 Å². The van der Waals surface area contributed by atoms with Crippen molar-refractivity contribution in [1.82, 2.24) is 14.7 Å². The maximum absolute atomic E-state index is 12.8. The second kappa shape index (κ2) is 7.86. The molecule has 6 nitrogen and oxygen atoms in total. The smallest absolute Gasteiger partial charge is 0.247 e. The summed E-state index contributed by atoms with van der Waals surface area (Å²) < 4.78 is 5.72. The quantitative estimate of drug-likeness (QED) is 0.739. The Morgan fingerprint density at radius 1 is 1.04 bits per heavy atom. The van der Waals surface area contributed by atoms with Gasteiger partial charge in [-0.2, -0.15) is 0 Å². The minimum Gasteiger partial charge on any atom is -0.377 e. The molecule has 1 aromatic rings. The summed E-state index contributed by atoms with van der Waals surface area (Å²) >= 11 is 0. The standard InChI is InChI=1S/C20H27N3O3/c24-19-13-18(20(25)23(19)14-16-5-2-1-3-6-16)22-10-8-21(9-11-22)15-17-7-4-12-26-17/h1-3,5-6,17-18H,4,7-15H2/t17-,18+/m0/s1. The molecule has 2 atom stereocenters. The van der Waals surface area contributed by atoms with E-state index >= 15 is 0 Å². The highest BCUT2D eigenvalue weighted by molar-refractivity contribution is 6.05. The Morgan fingerprint density at radius 2 is 1.81 bits per heavy atom. The molecule has 3 saturated heterocycles. The van der Waals surface area contributed by atoms with Crippen molar-refractivity contribution >= 4 is 11.8 Å². The van der Waals surface area contributed by atoms with Crippen LogP contribution in [0.1, 0.15) is 24.8 Å². The average Bonchev–Trinajstić information content (AvgIpc) is 3.27. The lowest BCUT2D eigenvalue weighted by atomic mass is 10.1. The summed E-state index contributed by atoms with van der Waals surface area (Å²) in [6.07, 6.45) is 3.01. The molecule has 0 aliphatic carbocycles. The van der Waals surface area contributed by atoms with Gasteiger partial charge in [-0.25, -0.2) is 0 Å². The molecule has 3 heterocycles. The van der Waals surface area contributed by atoms with Crippen molar-refractivity contribution in [2.45, 2.75) is 38.0 Å². The van der Waals surface area contributed by atoms with Gasteiger partial charge >= 0.3 is 0 Å². The number of nitrogens with zero attached hydrogens (tertiary/aromatic N) is 3. The van der Waals surface area contributed by atoms with Crippen molar-refractivity contribution in [3.05, 3.63) is 35.9 Å². The zero-order valence-electron chi connectivity index (χ0n) is 15.2. The van der Waals surface area contributed by atoms with Crippen LogP contribution in [0.3, 0.4) is 0 Å². The van der Waals surface area contributed by atoms with Gasteiger partial charge in [0.05, 0.1) is 25.1 Å². The SMILES string of the molecule is O=C1C[C@@H](N2CCN(C[C@@H]3CCCO3)CC2)C(=O)N1Cc1ccccc1. The Hall–Kier alpha value is -1.76.